The number of benzene rings is 1. The van der Waals surface area contributed by atoms with Gasteiger partial charge in [-0.15, -0.1) is 11.8 Å². The second kappa shape index (κ2) is 7.98. The molecule has 1 fully saturated rings. The van der Waals surface area contributed by atoms with Crippen molar-refractivity contribution < 1.29 is 19.5 Å². The lowest BCUT2D eigenvalue weighted by Crippen LogP contribution is -2.70. The number of nitrogens with zero attached hydrogens (tertiary/aromatic N) is 1. The van der Waals surface area contributed by atoms with E-state index in [9.17, 15) is 19.5 Å². The molecule has 1 aromatic rings. The smallest absolute Gasteiger partial charge is 0.352 e. The summed E-state index contributed by atoms with van der Waals surface area (Å²) in [6.45, 7) is 0. The number of allylic oxidation sites excluding steroid dienone is 1. The number of halogens is 2. The summed E-state index contributed by atoms with van der Waals surface area (Å²) in [6.07, 6.45) is 1.80. The molecular formula is C17H14Br2N2O4S. The Hall–Kier alpha value is -1.58. The van der Waals surface area contributed by atoms with Crippen molar-refractivity contribution in [3.8, 4) is 0 Å². The van der Waals surface area contributed by atoms with Crippen LogP contribution in [-0.2, 0) is 20.8 Å². The molecule has 0 aliphatic carbocycles. The molecule has 0 radical (unpaired) electrons. The minimum atomic E-state index is -1.16. The van der Waals surface area contributed by atoms with Gasteiger partial charge in [-0.05, 0) is 49.1 Å². The van der Waals surface area contributed by atoms with Gasteiger partial charge in [0, 0.05) is 5.75 Å². The Labute approximate surface area is 171 Å². The Morgan fingerprint density at radius 2 is 2.00 bits per heavy atom. The molecule has 136 valence electrons. The summed E-state index contributed by atoms with van der Waals surface area (Å²) in [7, 11) is 0. The predicted molar refractivity (Wildman–Crippen MR) is 106 cm³/mol. The number of fused-ring (bicyclic) bond motifs is 1. The van der Waals surface area contributed by atoms with Gasteiger partial charge in [-0.1, -0.05) is 30.3 Å². The van der Waals surface area contributed by atoms with E-state index in [1.165, 1.54) is 16.7 Å². The number of carbonyl (C=O) groups excluding carboxylic acids is 2. The molecule has 1 unspecified atom stereocenters. The van der Waals surface area contributed by atoms with Gasteiger partial charge in [-0.3, -0.25) is 14.5 Å². The quantitative estimate of drug-likeness (QED) is 0.605. The molecule has 2 amide bonds. The molecule has 1 aromatic carbocycles. The van der Waals surface area contributed by atoms with Crippen molar-refractivity contribution in [3.63, 3.8) is 0 Å². The van der Waals surface area contributed by atoms with E-state index in [-0.39, 0.29) is 18.0 Å². The Morgan fingerprint density at radius 1 is 1.31 bits per heavy atom. The zero-order valence-corrected chi connectivity index (χ0v) is 17.3. The number of hydrogen-bond donors (Lipinski definition) is 2. The summed E-state index contributed by atoms with van der Waals surface area (Å²) < 4.78 is 0.596. The molecule has 2 N–H and O–H groups in total. The number of carboxylic acids is 1. The highest BCUT2D eigenvalue weighted by Gasteiger charge is 2.53. The van der Waals surface area contributed by atoms with Crippen molar-refractivity contribution in [2.45, 2.75) is 17.8 Å². The van der Waals surface area contributed by atoms with Gasteiger partial charge < -0.3 is 10.4 Å². The first-order valence-electron chi connectivity index (χ1n) is 7.65. The molecule has 2 atom stereocenters. The van der Waals surface area contributed by atoms with Crippen molar-refractivity contribution in [2.24, 2.45) is 0 Å². The third-order valence-electron chi connectivity index (χ3n) is 4.01. The number of rotatable bonds is 5. The average molecular weight is 502 g/mol. The van der Waals surface area contributed by atoms with Crippen LogP contribution >= 0.6 is 43.6 Å². The van der Waals surface area contributed by atoms with E-state index in [1.54, 1.807) is 6.08 Å². The van der Waals surface area contributed by atoms with Crippen LogP contribution in [0.2, 0.25) is 0 Å². The highest BCUT2D eigenvalue weighted by molar-refractivity contribution is 9.28. The maximum atomic E-state index is 12.5. The van der Waals surface area contributed by atoms with Crippen molar-refractivity contribution in [2.75, 3.05) is 5.75 Å². The Bertz CT molecular complexity index is 821. The number of thioether (sulfide) groups is 1. The third-order valence-corrected chi connectivity index (χ3v) is 5.77. The molecular weight excluding hydrogens is 488 g/mol. The summed E-state index contributed by atoms with van der Waals surface area (Å²) in [5, 5.41) is 11.8. The normalized spacial score (nSPS) is 21.6. The van der Waals surface area contributed by atoms with Crippen LogP contribution in [0, 0.1) is 0 Å². The number of carbonyl (C=O) groups is 3. The van der Waals surface area contributed by atoms with Crippen LogP contribution in [0.5, 0.6) is 0 Å². The Kier molecular flexibility index (Phi) is 5.89. The van der Waals surface area contributed by atoms with E-state index in [4.69, 9.17) is 0 Å². The first kappa shape index (κ1) is 19.2. The van der Waals surface area contributed by atoms with E-state index in [0.717, 1.165) is 5.56 Å². The molecule has 6 nitrogen and oxygen atoms in total. The topological polar surface area (TPSA) is 86.7 Å². The van der Waals surface area contributed by atoms with Crippen LogP contribution < -0.4 is 5.32 Å². The second-order valence-corrected chi connectivity index (χ2v) is 9.61. The molecule has 2 heterocycles. The molecule has 2 aliphatic heterocycles. The molecule has 0 aromatic heterocycles. The van der Waals surface area contributed by atoms with Gasteiger partial charge in [-0.25, -0.2) is 4.79 Å². The second-order valence-electron chi connectivity index (χ2n) is 5.73. The first-order chi connectivity index (χ1) is 12.4. The molecule has 2 aliphatic rings. The van der Waals surface area contributed by atoms with Crippen LogP contribution in [0.4, 0.5) is 0 Å². The van der Waals surface area contributed by atoms with E-state index < -0.39 is 23.3 Å². The SMILES string of the molecule is O=C(Cc1ccccc1)NC1C(=O)N2C(C(=O)O)=C(C=C(Br)Br)CS[C@H]12. The number of carboxylic acid groups (broad SMARTS) is 1. The van der Waals surface area contributed by atoms with Crippen molar-refractivity contribution >= 4 is 61.4 Å². The molecule has 26 heavy (non-hydrogen) atoms. The largest absolute Gasteiger partial charge is 0.477 e. The number of hydrogen-bond acceptors (Lipinski definition) is 4. The van der Waals surface area contributed by atoms with Crippen molar-refractivity contribution in [1.29, 1.82) is 0 Å². The highest BCUT2D eigenvalue weighted by Crippen LogP contribution is 2.41. The van der Waals surface area contributed by atoms with Gasteiger partial charge in [0.15, 0.2) is 0 Å². The molecule has 1 saturated heterocycles. The van der Waals surface area contributed by atoms with Gasteiger partial charge in [0.05, 0.1) is 9.81 Å². The van der Waals surface area contributed by atoms with E-state index >= 15 is 0 Å². The van der Waals surface area contributed by atoms with Gasteiger partial charge in [0.25, 0.3) is 5.91 Å². The fourth-order valence-corrected chi connectivity index (χ4v) is 4.75. The fraction of sp³-hybridized carbons (Fsp3) is 0.235. The molecule has 9 heteroatoms. The summed E-state index contributed by atoms with van der Waals surface area (Å²) in [5.74, 6) is -1.39. The van der Waals surface area contributed by atoms with Crippen molar-refractivity contribution in [1.82, 2.24) is 10.2 Å². The van der Waals surface area contributed by atoms with Gasteiger partial charge in [0.1, 0.15) is 17.1 Å². The monoisotopic (exact) mass is 500 g/mol. The number of aliphatic carboxylic acids is 1. The summed E-state index contributed by atoms with van der Waals surface area (Å²) >= 11 is 7.85. The van der Waals surface area contributed by atoms with E-state index in [1.807, 2.05) is 30.3 Å². The molecule has 0 spiro atoms. The highest BCUT2D eigenvalue weighted by atomic mass is 79.9. The summed E-state index contributed by atoms with van der Waals surface area (Å²) in [4.78, 5) is 37.6. The zero-order valence-electron chi connectivity index (χ0n) is 13.3. The predicted octanol–water partition coefficient (Wildman–Crippen LogP) is 2.60. The average Bonchev–Trinajstić information content (AvgIpc) is 2.59. The third kappa shape index (κ3) is 3.89. The number of amides is 2. The lowest BCUT2D eigenvalue weighted by molar-refractivity contribution is -0.150. The van der Waals surface area contributed by atoms with E-state index in [0.29, 0.717) is 14.7 Å². The molecule has 0 bridgehead atoms. The van der Waals surface area contributed by atoms with E-state index in [2.05, 4.69) is 37.2 Å². The minimum Gasteiger partial charge on any atom is -0.477 e. The lowest BCUT2D eigenvalue weighted by atomic mass is 10.0. The van der Waals surface area contributed by atoms with Crippen LogP contribution in [-0.4, -0.2) is 45.0 Å². The lowest BCUT2D eigenvalue weighted by Gasteiger charge is -2.49. The Balaban J connectivity index is 1.73. The van der Waals surface area contributed by atoms with Crippen LogP contribution in [0.25, 0.3) is 0 Å². The number of nitrogens with one attached hydrogen (secondary N) is 1. The Morgan fingerprint density at radius 3 is 2.62 bits per heavy atom. The van der Waals surface area contributed by atoms with Gasteiger partial charge in [0.2, 0.25) is 5.91 Å². The van der Waals surface area contributed by atoms with Crippen LogP contribution in [0.1, 0.15) is 5.56 Å². The number of β-lactam (4-membered cyclic amide) rings is 1. The van der Waals surface area contributed by atoms with Crippen LogP contribution in [0.3, 0.4) is 0 Å². The van der Waals surface area contributed by atoms with Crippen molar-refractivity contribution in [3.05, 3.63) is 56.6 Å². The zero-order chi connectivity index (χ0) is 18.8. The summed E-state index contributed by atoms with van der Waals surface area (Å²) in [6, 6.07) is 8.53. The molecule has 3 rings (SSSR count). The fourth-order valence-electron chi connectivity index (χ4n) is 2.89. The standard InChI is InChI=1S/C17H14Br2N2O4S/c18-11(19)7-10-8-26-16-13(15(23)21(16)14(10)17(24)25)20-12(22)6-9-4-2-1-3-5-9/h1-5,7,13,16H,6,8H2,(H,20,22)(H,24,25)/t13?,16-/m1/s1. The maximum Gasteiger partial charge on any atom is 0.352 e. The van der Waals surface area contributed by atoms with Crippen LogP contribution in [0.15, 0.2) is 51.1 Å². The molecule has 0 saturated carbocycles. The summed E-state index contributed by atoms with van der Waals surface area (Å²) in [5.41, 5.74) is 1.35. The maximum absolute atomic E-state index is 12.5. The first-order valence-corrected chi connectivity index (χ1v) is 10.3. The van der Waals surface area contributed by atoms with Gasteiger partial charge >= 0.3 is 5.97 Å². The minimum absolute atomic E-state index is 0.0382. The van der Waals surface area contributed by atoms with Gasteiger partial charge in [-0.2, -0.15) is 0 Å².